The monoisotopic (exact) mass is 262 g/mol. The zero-order chi connectivity index (χ0) is 13.7. The van der Waals surface area contributed by atoms with Crippen LogP contribution in [0.3, 0.4) is 0 Å². The van der Waals surface area contributed by atoms with Gasteiger partial charge in [-0.2, -0.15) is 0 Å². The SMILES string of the molecule is Cc1ccc(CNC(=O)CN2CCCC(O)C2)cc1. The Labute approximate surface area is 114 Å². The van der Waals surface area contributed by atoms with Gasteiger partial charge in [-0.25, -0.2) is 0 Å². The highest BCUT2D eigenvalue weighted by molar-refractivity contribution is 5.78. The molecule has 1 atom stereocenters. The third-order valence-corrected chi connectivity index (χ3v) is 3.46. The molecule has 0 aromatic heterocycles. The number of benzene rings is 1. The van der Waals surface area contributed by atoms with Gasteiger partial charge in [0.25, 0.3) is 0 Å². The van der Waals surface area contributed by atoms with Gasteiger partial charge < -0.3 is 10.4 Å². The number of aliphatic hydroxyl groups excluding tert-OH is 1. The average Bonchev–Trinajstić information content (AvgIpc) is 2.38. The summed E-state index contributed by atoms with van der Waals surface area (Å²) in [5, 5.41) is 12.5. The van der Waals surface area contributed by atoms with Crippen LogP contribution in [-0.4, -0.2) is 41.7 Å². The van der Waals surface area contributed by atoms with Crippen LogP contribution in [0.5, 0.6) is 0 Å². The van der Waals surface area contributed by atoms with Crippen LogP contribution < -0.4 is 5.32 Å². The van der Waals surface area contributed by atoms with Crippen molar-refractivity contribution < 1.29 is 9.90 Å². The van der Waals surface area contributed by atoms with E-state index in [4.69, 9.17) is 0 Å². The zero-order valence-electron chi connectivity index (χ0n) is 11.4. The van der Waals surface area contributed by atoms with Crippen LogP contribution in [0.1, 0.15) is 24.0 Å². The summed E-state index contributed by atoms with van der Waals surface area (Å²) in [6.07, 6.45) is 1.53. The highest BCUT2D eigenvalue weighted by Gasteiger charge is 2.19. The molecule has 1 fully saturated rings. The van der Waals surface area contributed by atoms with E-state index < -0.39 is 0 Å². The van der Waals surface area contributed by atoms with Crippen molar-refractivity contribution in [3.05, 3.63) is 35.4 Å². The molecule has 1 aromatic carbocycles. The van der Waals surface area contributed by atoms with Gasteiger partial charge in [0.05, 0.1) is 12.6 Å². The molecule has 1 aromatic rings. The number of hydrogen-bond donors (Lipinski definition) is 2. The second kappa shape index (κ2) is 6.68. The standard InChI is InChI=1S/C15H22N2O2/c1-12-4-6-13(7-5-12)9-16-15(19)11-17-8-2-3-14(18)10-17/h4-7,14,18H,2-3,8-11H2,1H3,(H,16,19). The van der Waals surface area contributed by atoms with Crippen LogP contribution in [-0.2, 0) is 11.3 Å². The summed E-state index contributed by atoms with van der Waals surface area (Å²) in [5.41, 5.74) is 2.33. The lowest BCUT2D eigenvalue weighted by Crippen LogP contribution is -2.44. The van der Waals surface area contributed by atoms with Crippen molar-refractivity contribution in [3.8, 4) is 0 Å². The van der Waals surface area contributed by atoms with Crippen molar-refractivity contribution in [1.29, 1.82) is 0 Å². The predicted molar refractivity (Wildman–Crippen MR) is 74.7 cm³/mol. The van der Waals surface area contributed by atoms with E-state index in [1.165, 1.54) is 5.56 Å². The largest absolute Gasteiger partial charge is 0.392 e. The number of likely N-dealkylation sites (tertiary alicyclic amines) is 1. The number of amides is 1. The van der Waals surface area contributed by atoms with Crippen LogP contribution in [0.15, 0.2) is 24.3 Å². The van der Waals surface area contributed by atoms with Crippen molar-refractivity contribution in [2.45, 2.75) is 32.4 Å². The first kappa shape index (κ1) is 14.0. The maximum Gasteiger partial charge on any atom is 0.234 e. The van der Waals surface area contributed by atoms with Gasteiger partial charge in [0.1, 0.15) is 0 Å². The van der Waals surface area contributed by atoms with Crippen molar-refractivity contribution in [1.82, 2.24) is 10.2 Å². The molecule has 1 amide bonds. The number of aryl methyl sites for hydroxylation is 1. The Balaban J connectivity index is 1.73. The number of nitrogens with zero attached hydrogens (tertiary/aromatic N) is 1. The van der Waals surface area contributed by atoms with Crippen LogP contribution in [0, 0.1) is 6.92 Å². The predicted octanol–water partition coefficient (Wildman–Crippen LogP) is 1.07. The van der Waals surface area contributed by atoms with Gasteiger partial charge >= 0.3 is 0 Å². The Kier molecular flexibility index (Phi) is 4.93. The second-order valence-electron chi connectivity index (χ2n) is 5.29. The minimum absolute atomic E-state index is 0.0228. The number of carbonyl (C=O) groups is 1. The van der Waals surface area contributed by atoms with E-state index in [-0.39, 0.29) is 12.0 Å². The minimum Gasteiger partial charge on any atom is -0.392 e. The fraction of sp³-hybridized carbons (Fsp3) is 0.533. The highest BCUT2D eigenvalue weighted by Crippen LogP contribution is 2.09. The molecule has 1 aliphatic heterocycles. The zero-order valence-corrected chi connectivity index (χ0v) is 11.4. The Hall–Kier alpha value is -1.39. The molecule has 1 aliphatic rings. The van der Waals surface area contributed by atoms with Crippen molar-refractivity contribution >= 4 is 5.91 Å². The summed E-state index contributed by atoms with van der Waals surface area (Å²) >= 11 is 0. The molecule has 2 rings (SSSR count). The smallest absolute Gasteiger partial charge is 0.234 e. The third kappa shape index (κ3) is 4.65. The number of hydrogen-bond acceptors (Lipinski definition) is 3. The number of β-amino-alcohol motifs (C(OH)–C–C–N with tert-alkyl or cyclic N) is 1. The first-order chi connectivity index (χ1) is 9.13. The number of piperidine rings is 1. The quantitative estimate of drug-likeness (QED) is 0.853. The first-order valence-electron chi connectivity index (χ1n) is 6.86. The van der Waals surface area contributed by atoms with Crippen molar-refractivity contribution in [3.63, 3.8) is 0 Å². The number of rotatable bonds is 4. The maximum atomic E-state index is 11.8. The van der Waals surface area contributed by atoms with Crippen molar-refractivity contribution in [2.24, 2.45) is 0 Å². The van der Waals surface area contributed by atoms with Gasteiger partial charge in [0.15, 0.2) is 0 Å². The average molecular weight is 262 g/mol. The van der Waals surface area contributed by atoms with E-state index in [0.29, 0.717) is 19.6 Å². The maximum absolute atomic E-state index is 11.8. The van der Waals surface area contributed by atoms with E-state index in [1.807, 2.05) is 36.1 Å². The Bertz CT molecular complexity index is 417. The van der Waals surface area contributed by atoms with Crippen LogP contribution >= 0.6 is 0 Å². The highest BCUT2D eigenvalue weighted by atomic mass is 16.3. The second-order valence-corrected chi connectivity index (χ2v) is 5.29. The first-order valence-corrected chi connectivity index (χ1v) is 6.86. The van der Waals surface area contributed by atoms with Gasteiger partial charge in [0.2, 0.25) is 5.91 Å². The summed E-state index contributed by atoms with van der Waals surface area (Å²) in [7, 11) is 0. The van der Waals surface area contributed by atoms with Gasteiger partial charge in [-0.15, -0.1) is 0 Å². The number of carbonyl (C=O) groups excluding carboxylic acids is 1. The number of nitrogens with one attached hydrogen (secondary N) is 1. The lowest BCUT2D eigenvalue weighted by Gasteiger charge is -2.29. The minimum atomic E-state index is -0.279. The molecule has 0 aliphatic carbocycles. The molecule has 104 valence electrons. The van der Waals surface area contributed by atoms with Gasteiger partial charge in [-0.05, 0) is 31.9 Å². The molecule has 1 saturated heterocycles. The Morgan fingerprint density at radius 3 is 2.84 bits per heavy atom. The molecule has 0 saturated carbocycles. The Morgan fingerprint density at radius 1 is 1.42 bits per heavy atom. The summed E-state index contributed by atoms with van der Waals surface area (Å²) in [5.74, 6) is 0.0228. The van der Waals surface area contributed by atoms with Gasteiger partial charge in [-0.3, -0.25) is 9.69 Å². The molecule has 2 N–H and O–H groups in total. The third-order valence-electron chi connectivity index (χ3n) is 3.46. The number of aliphatic hydroxyl groups is 1. The van der Waals surface area contributed by atoms with E-state index >= 15 is 0 Å². The lowest BCUT2D eigenvalue weighted by atomic mass is 10.1. The summed E-state index contributed by atoms with van der Waals surface area (Å²) in [6, 6.07) is 8.14. The molecule has 4 nitrogen and oxygen atoms in total. The van der Waals surface area contributed by atoms with Crippen LogP contribution in [0.2, 0.25) is 0 Å². The fourth-order valence-electron chi connectivity index (χ4n) is 2.34. The molecule has 19 heavy (non-hydrogen) atoms. The molecule has 0 bridgehead atoms. The topological polar surface area (TPSA) is 52.6 Å². The molecular weight excluding hydrogens is 240 g/mol. The molecule has 4 heteroatoms. The van der Waals surface area contributed by atoms with E-state index in [9.17, 15) is 9.90 Å². The van der Waals surface area contributed by atoms with E-state index in [2.05, 4.69) is 5.32 Å². The van der Waals surface area contributed by atoms with Crippen LogP contribution in [0.25, 0.3) is 0 Å². The lowest BCUT2D eigenvalue weighted by molar-refractivity contribution is -0.123. The fourth-order valence-corrected chi connectivity index (χ4v) is 2.34. The summed E-state index contributed by atoms with van der Waals surface area (Å²) in [6.45, 7) is 4.50. The summed E-state index contributed by atoms with van der Waals surface area (Å²) < 4.78 is 0. The van der Waals surface area contributed by atoms with Gasteiger partial charge in [0, 0.05) is 13.1 Å². The van der Waals surface area contributed by atoms with E-state index in [0.717, 1.165) is 24.9 Å². The Morgan fingerprint density at radius 2 is 2.16 bits per heavy atom. The molecule has 1 heterocycles. The van der Waals surface area contributed by atoms with Gasteiger partial charge in [-0.1, -0.05) is 29.8 Å². The van der Waals surface area contributed by atoms with Crippen LogP contribution in [0.4, 0.5) is 0 Å². The molecular formula is C15H22N2O2. The molecule has 1 unspecified atom stereocenters. The normalized spacial score (nSPS) is 20.2. The molecule has 0 spiro atoms. The van der Waals surface area contributed by atoms with E-state index in [1.54, 1.807) is 0 Å². The van der Waals surface area contributed by atoms with Crippen molar-refractivity contribution in [2.75, 3.05) is 19.6 Å². The molecule has 0 radical (unpaired) electrons. The summed E-state index contributed by atoms with van der Waals surface area (Å²) in [4.78, 5) is 13.8.